The fourth-order valence-corrected chi connectivity index (χ4v) is 5.35. The lowest BCUT2D eigenvalue weighted by atomic mass is 10.2. The minimum absolute atomic E-state index is 0.0462. The summed E-state index contributed by atoms with van der Waals surface area (Å²) < 4.78 is 8.87. The molecule has 4 heterocycles. The van der Waals surface area contributed by atoms with Crippen molar-refractivity contribution >= 4 is 28.3 Å². The monoisotopic (exact) mass is 494 g/mol. The zero-order chi connectivity index (χ0) is 24.2. The van der Waals surface area contributed by atoms with Gasteiger partial charge in [0.25, 0.3) is 0 Å². The standard InChI is InChI=1S/C25H30N6O3S/c1-2-30-19-7-3-4-8-20(19)31(25(30)33)13-11-23(32)29-16-14-28(15-17-29)12-5-10-22-26-24(27-34-22)21-9-6-18-35-21/h3-4,6-9,18H,2,5,10-17H2,1H3. The fraction of sp³-hybridized carbons (Fsp3) is 0.440. The minimum Gasteiger partial charge on any atom is -0.340 e. The van der Waals surface area contributed by atoms with Crippen molar-refractivity contribution in [3.8, 4) is 10.7 Å². The number of imidazole rings is 1. The highest BCUT2D eigenvalue weighted by Gasteiger charge is 2.22. The molecule has 1 amide bonds. The van der Waals surface area contributed by atoms with E-state index in [0.717, 1.165) is 48.4 Å². The molecule has 0 aliphatic carbocycles. The molecule has 0 unspecified atom stereocenters. The normalized spacial score (nSPS) is 14.7. The third-order valence-corrected chi connectivity index (χ3v) is 7.46. The van der Waals surface area contributed by atoms with Gasteiger partial charge in [-0.1, -0.05) is 23.4 Å². The number of carbonyl (C=O) groups is 1. The molecule has 4 aromatic rings. The van der Waals surface area contributed by atoms with Gasteiger partial charge in [0.2, 0.25) is 17.6 Å². The van der Waals surface area contributed by atoms with Crippen LogP contribution in [0.5, 0.6) is 0 Å². The largest absolute Gasteiger partial charge is 0.340 e. The van der Waals surface area contributed by atoms with Crippen molar-refractivity contribution in [3.05, 3.63) is 58.2 Å². The number of fused-ring (bicyclic) bond motifs is 1. The van der Waals surface area contributed by atoms with Crippen LogP contribution in [0.25, 0.3) is 21.7 Å². The first-order chi connectivity index (χ1) is 17.1. The minimum atomic E-state index is -0.0462. The predicted molar refractivity (Wildman–Crippen MR) is 135 cm³/mol. The second kappa shape index (κ2) is 10.6. The highest BCUT2D eigenvalue weighted by molar-refractivity contribution is 7.13. The smallest absolute Gasteiger partial charge is 0.329 e. The molecule has 0 N–H and O–H groups in total. The zero-order valence-electron chi connectivity index (χ0n) is 19.9. The Bertz CT molecular complexity index is 1330. The summed E-state index contributed by atoms with van der Waals surface area (Å²) in [7, 11) is 0. The molecule has 1 aromatic carbocycles. The number of aromatic nitrogens is 4. The molecule has 0 atom stereocenters. The molecule has 1 aliphatic rings. The van der Waals surface area contributed by atoms with E-state index in [9.17, 15) is 9.59 Å². The molecule has 5 rings (SSSR count). The Balaban J connectivity index is 1.07. The van der Waals surface area contributed by atoms with Crippen LogP contribution in [0.1, 0.15) is 25.7 Å². The van der Waals surface area contributed by atoms with Gasteiger partial charge in [-0.15, -0.1) is 11.3 Å². The number of piperazine rings is 1. The summed E-state index contributed by atoms with van der Waals surface area (Å²) in [6.45, 7) is 7.06. The van der Waals surface area contributed by atoms with Crippen molar-refractivity contribution in [3.63, 3.8) is 0 Å². The number of rotatable bonds is 9. The summed E-state index contributed by atoms with van der Waals surface area (Å²) >= 11 is 1.60. The molecule has 184 valence electrons. The third-order valence-electron chi connectivity index (χ3n) is 6.59. The lowest BCUT2D eigenvalue weighted by Gasteiger charge is -2.34. The van der Waals surface area contributed by atoms with E-state index < -0.39 is 0 Å². The molecular formula is C25H30N6O3S. The van der Waals surface area contributed by atoms with Gasteiger partial charge in [-0.05, 0) is 43.5 Å². The van der Waals surface area contributed by atoms with Crippen molar-refractivity contribution < 1.29 is 9.32 Å². The van der Waals surface area contributed by atoms with Crippen molar-refractivity contribution in [2.24, 2.45) is 0 Å². The SMILES string of the molecule is CCn1c(=O)n(CCC(=O)N2CCN(CCCc3nc(-c4cccs4)no3)CC2)c2ccccc21. The summed E-state index contributed by atoms with van der Waals surface area (Å²) in [5.74, 6) is 1.43. The van der Waals surface area contributed by atoms with Crippen LogP contribution < -0.4 is 5.69 Å². The summed E-state index contributed by atoms with van der Waals surface area (Å²) in [5, 5.41) is 6.07. The zero-order valence-corrected chi connectivity index (χ0v) is 20.7. The maximum Gasteiger partial charge on any atom is 0.329 e. The molecule has 35 heavy (non-hydrogen) atoms. The third kappa shape index (κ3) is 5.08. The highest BCUT2D eigenvalue weighted by atomic mass is 32.1. The molecule has 1 saturated heterocycles. The number of thiophene rings is 1. The van der Waals surface area contributed by atoms with E-state index in [4.69, 9.17) is 4.52 Å². The molecular weight excluding hydrogens is 464 g/mol. The summed E-state index contributed by atoms with van der Waals surface area (Å²) in [6, 6.07) is 11.7. The quantitative estimate of drug-likeness (QED) is 0.355. The lowest BCUT2D eigenvalue weighted by Crippen LogP contribution is -2.49. The second-order valence-corrected chi connectivity index (χ2v) is 9.68. The number of carbonyl (C=O) groups excluding carboxylic acids is 1. The number of aryl methyl sites for hydroxylation is 3. The maximum atomic E-state index is 12.9. The lowest BCUT2D eigenvalue weighted by molar-refractivity contribution is -0.133. The van der Waals surface area contributed by atoms with Crippen molar-refractivity contribution in [1.82, 2.24) is 29.1 Å². The van der Waals surface area contributed by atoms with Crippen LogP contribution in [0.3, 0.4) is 0 Å². The fourth-order valence-electron chi connectivity index (χ4n) is 4.70. The number of hydrogen-bond acceptors (Lipinski definition) is 7. The Hall–Kier alpha value is -3.24. The van der Waals surface area contributed by atoms with Crippen LogP contribution in [-0.4, -0.2) is 67.7 Å². The second-order valence-electron chi connectivity index (χ2n) is 8.73. The molecule has 9 nitrogen and oxygen atoms in total. The first kappa shape index (κ1) is 23.5. The number of hydrogen-bond donors (Lipinski definition) is 0. The Morgan fingerprint density at radius 2 is 1.80 bits per heavy atom. The molecule has 0 saturated carbocycles. The van der Waals surface area contributed by atoms with Crippen LogP contribution in [-0.2, 0) is 24.3 Å². The molecule has 3 aromatic heterocycles. The van der Waals surface area contributed by atoms with Gasteiger partial charge in [-0.2, -0.15) is 4.98 Å². The van der Waals surface area contributed by atoms with Gasteiger partial charge < -0.3 is 9.42 Å². The van der Waals surface area contributed by atoms with Gasteiger partial charge in [0.15, 0.2) is 0 Å². The van der Waals surface area contributed by atoms with E-state index in [1.165, 1.54) is 0 Å². The van der Waals surface area contributed by atoms with E-state index in [1.54, 1.807) is 20.5 Å². The van der Waals surface area contributed by atoms with Crippen LogP contribution in [0.15, 0.2) is 51.1 Å². The Morgan fingerprint density at radius 3 is 2.51 bits per heavy atom. The Morgan fingerprint density at radius 1 is 1.03 bits per heavy atom. The average molecular weight is 495 g/mol. The molecule has 0 radical (unpaired) electrons. The molecule has 1 fully saturated rings. The van der Waals surface area contributed by atoms with Crippen LogP contribution in [0, 0.1) is 0 Å². The van der Waals surface area contributed by atoms with E-state index >= 15 is 0 Å². The number of nitrogens with zero attached hydrogens (tertiary/aromatic N) is 6. The van der Waals surface area contributed by atoms with Crippen LogP contribution in [0.4, 0.5) is 0 Å². The molecule has 1 aliphatic heterocycles. The van der Waals surface area contributed by atoms with E-state index in [-0.39, 0.29) is 11.6 Å². The van der Waals surface area contributed by atoms with E-state index in [0.29, 0.717) is 44.3 Å². The Kier molecular flexibility index (Phi) is 7.10. The molecule has 10 heteroatoms. The predicted octanol–water partition coefficient (Wildman–Crippen LogP) is 3.10. The highest BCUT2D eigenvalue weighted by Crippen LogP contribution is 2.21. The summed E-state index contributed by atoms with van der Waals surface area (Å²) in [6.07, 6.45) is 2.02. The maximum absolute atomic E-state index is 12.9. The van der Waals surface area contributed by atoms with Gasteiger partial charge in [0.1, 0.15) is 0 Å². The van der Waals surface area contributed by atoms with Gasteiger partial charge in [-0.25, -0.2) is 4.79 Å². The summed E-state index contributed by atoms with van der Waals surface area (Å²) in [4.78, 5) is 35.5. The number of amides is 1. The van der Waals surface area contributed by atoms with Gasteiger partial charge in [0, 0.05) is 52.1 Å². The molecule has 0 bridgehead atoms. The van der Waals surface area contributed by atoms with Crippen LogP contribution >= 0.6 is 11.3 Å². The van der Waals surface area contributed by atoms with Gasteiger partial charge in [0.05, 0.1) is 15.9 Å². The van der Waals surface area contributed by atoms with Gasteiger partial charge in [-0.3, -0.25) is 18.8 Å². The molecule has 0 spiro atoms. The number of para-hydroxylation sites is 2. The van der Waals surface area contributed by atoms with Crippen LogP contribution in [0.2, 0.25) is 0 Å². The average Bonchev–Trinajstić information content (AvgIpc) is 3.62. The summed E-state index contributed by atoms with van der Waals surface area (Å²) in [5.41, 5.74) is 1.76. The van der Waals surface area contributed by atoms with Crippen molar-refractivity contribution in [2.75, 3.05) is 32.7 Å². The topological polar surface area (TPSA) is 89.4 Å². The first-order valence-corrected chi connectivity index (χ1v) is 13.1. The first-order valence-electron chi connectivity index (χ1n) is 12.2. The number of benzene rings is 1. The van der Waals surface area contributed by atoms with E-state index in [1.807, 2.05) is 53.6 Å². The Labute approximate surface area is 207 Å². The van der Waals surface area contributed by atoms with E-state index in [2.05, 4.69) is 15.0 Å². The van der Waals surface area contributed by atoms with Crippen molar-refractivity contribution in [1.29, 1.82) is 0 Å². The van der Waals surface area contributed by atoms with Gasteiger partial charge >= 0.3 is 5.69 Å². The van der Waals surface area contributed by atoms with Crippen molar-refractivity contribution in [2.45, 2.75) is 39.3 Å².